The van der Waals surface area contributed by atoms with E-state index in [4.69, 9.17) is 10.2 Å². The normalized spacial score (nSPS) is 14.9. The average Bonchev–Trinajstić information content (AvgIpc) is 3.20. The van der Waals surface area contributed by atoms with E-state index in [0.717, 1.165) is 47.9 Å². The van der Waals surface area contributed by atoms with Gasteiger partial charge in [0.2, 0.25) is 0 Å². The first-order chi connectivity index (χ1) is 13.6. The summed E-state index contributed by atoms with van der Waals surface area (Å²) < 4.78 is 6.93. The summed E-state index contributed by atoms with van der Waals surface area (Å²) in [6, 6.07) is 6.84. The van der Waals surface area contributed by atoms with E-state index in [9.17, 15) is 5.11 Å². The fourth-order valence-electron chi connectivity index (χ4n) is 3.07. The number of anilines is 2. The summed E-state index contributed by atoms with van der Waals surface area (Å²) in [7, 11) is 0. The van der Waals surface area contributed by atoms with Crippen LogP contribution in [0.2, 0.25) is 0 Å². The number of aliphatic hydroxyl groups is 1. The number of nitrogens with zero attached hydrogens (tertiary/aromatic N) is 3. The van der Waals surface area contributed by atoms with Crippen LogP contribution in [-0.4, -0.2) is 32.5 Å². The number of aryl methyl sites for hydroxylation is 2. The van der Waals surface area contributed by atoms with Crippen molar-refractivity contribution in [3.05, 3.63) is 48.1 Å². The van der Waals surface area contributed by atoms with Crippen molar-refractivity contribution >= 4 is 11.7 Å². The van der Waals surface area contributed by atoms with Crippen LogP contribution >= 0.6 is 0 Å². The van der Waals surface area contributed by atoms with Crippen molar-refractivity contribution in [3.63, 3.8) is 0 Å². The molecule has 1 unspecified atom stereocenters. The van der Waals surface area contributed by atoms with Crippen LogP contribution in [0.1, 0.15) is 36.7 Å². The van der Waals surface area contributed by atoms with E-state index in [0.29, 0.717) is 5.69 Å². The molecule has 0 amide bonds. The number of nitrogen functional groups attached to an aromatic ring is 1. The van der Waals surface area contributed by atoms with Gasteiger partial charge in [0.25, 0.3) is 6.01 Å². The van der Waals surface area contributed by atoms with Crippen LogP contribution in [0.4, 0.5) is 11.7 Å². The lowest BCUT2D eigenvalue weighted by Gasteiger charge is -2.15. The van der Waals surface area contributed by atoms with Crippen LogP contribution < -0.4 is 16.4 Å². The number of rotatable bonds is 9. The standard InChI is InChI=1S/C20H26N6O2/c1-13-3-4-14(9-17(13)24-19(27)18-12-28-20(21)25-18)15-10-23-26(11-15)8-2-7-22-16-5-6-16/h3-4,9-12,16,19,22,24,27H,2,5-8H2,1H3,(H2,21,25). The number of benzene rings is 1. The van der Waals surface area contributed by atoms with E-state index in [2.05, 4.69) is 33.0 Å². The highest BCUT2D eigenvalue weighted by atomic mass is 16.4. The summed E-state index contributed by atoms with van der Waals surface area (Å²) in [6.45, 7) is 3.90. The summed E-state index contributed by atoms with van der Waals surface area (Å²) >= 11 is 0. The number of nitrogens with two attached hydrogens (primary N) is 1. The third-order valence-corrected chi connectivity index (χ3v) is 4.89. The van der Waals surface area contributed by atoms with E-state index < -0.39 is 6.23 Å². The average molecular weight is 382 g/mol. The Morgan fingerprint density at radius 1 is 1.36 bits per heavy atom. The molecule has 0 radical (unpaired) electrons. The van der Waals surface area contributed by atoms with Crippen molar-refractivity contribution in [2.24, 2.45) is 0 Å². The molecule has 2 aromatic heterocycles. The van der Waals surface area contributed by atoms with E-state index in [1.54, 1.807) is 0 Å². The van der Waals surface area contributed by atoms with Crippen LogP contribution in [0.3, 0.4) is 0 Å². The highest BCUT2D eigenvalue weighted by Crippen LogP contribution is 2.27. The first-order valence-electron chi connectivity index (χ1n) is 9.61. The van der Waals surface area contributed by atoms with Gasteiger partial charge in [-0.3, -0.25) is 4.68 Å². The zero-order chi connectivity index (χ0) is 19.5. The molecule has 5 N–H and O–H groups in total. The molecular weight excluding hydrogens is 356 g/mol. The Bertz CT molecular complexity index is 930. The predicted molar refractivity (Wildman–Crippen MR) is 108 cm³/mol. The molecular formula is C20H26N6O2. The molecule has 8 nitrogen and oxygen atoms in total. The summed E-state index contributed by atoms with van der Waals surface area (Å²) in [5, 5.41) is 21.4. The molecule has 3 aromatic rings. The molecule has 1 fully saturated rings. The lowest BCUT2D eigenvalue weighted by molar-refractivity contribution is 0.203. The van der Waals surface area contributed by atoms with E-state index >= 15 is 0 Å². The van der Waals surface area contributed by atoms with Gasteiger partial charge in [-0.1, -0.05) is 12.1 Å². The molecule has 0 spiro atoms. The molecule has 8 heteroatoms. The first kappa shape index (κ1) is 18.5. The number of oxazole rings is 1. The number of hydrogen-bond donors (Lipinski definition) is 4. The second-order valence-corrected chi connectivity index (χ2v) is 7.26. The lowest BCUT2D eigenvalue weighted by Crippen LogP contribution is -2.18. The van der Waals surface area contributed by atoms with E-state index in [1.807, 2.05) is 29.9 Å². The van der Waals surface area contributed by atoms with Crippen molar-refractivity contribution in [1.82, 2.24) is 20.1 Å². The van der Waals surface area contributed by atoms with Gasteiger partial charge in [0.15, 0.2) is 6.23 Å². The van der Waals surface area contributed by atoms with Gasteiger partial charge in [0, 0.05) is 30.0 Å². The minimum absolute atomic E-state index is 0.0288. The summed E-state index contributed by atoms with van der Waals surface area (Å²) in [5.74, 6) is 0. The fraction of sp³-hybridized carbons (Fsp3) is 0.400. The third-order valence-electron chi connectivity index (χ3n) is 4.89. The summed E-state index contributed by atoms with van der Waals surface area (Å²) in [6.07, 6.45) is 7.96. The predicted octanol–water partition coefficient (Wildman–Crippen LogP) is 2.67. The van der Waals surface area contributed by atoms with Crippen LogP contribution in [0.15, 0.2) is 41.3 Å². The molecule has 0 bridgehead atoms. The van der Waals surface area contributed by atoms with Crippen LogP contribution in [0, 0.1) is 6.92 Å². The Morgan fingerprint density at radius 3 is 2.96 bits per heavy atom. The maximum atomic E-state index is 10.3. The third kappa shape index (κ3) is 4.52. The Labute approximate surface area is 163 Å². The second-order valence-electron chi connectivity index (χ2n) is 7.26. The summed E-state index contributed by atoms with van der Waals surface area (Å²) in [4.78, 5) is 3.95. The van der Waals surface area contributed by atoms with Gasteiger partial charge in [0.05, 0.1) is 6.20 Å². The maximum absolute atomic E-state index is 10.3. The van der Waals surface area contributed by atoms with Gasteiger partial charge in [-0.2, -0.15) is 10.1 Å². The molecule has 148 valence electrons. The maximum Gasteiger partial charge on any atom is 0.292 e. The Kier molecular flexibility index (Phi) is 5.31. The Morgan fingerprint density at radius 2 is 2.21 bits per heavy atom. The van der Waals surface area contributed by atoms with Gasteiger partial charge in [-0.15, -0.1) is 0 Å². The Balaban J connectivity index is 1.41. The van der Waals surface area contributed by atoms with Crippen molar-refractivity contribution in [1.29, 1.82) is 0 Å². The highest BCUT2D eigenvalue weighted by molar-refractivity contribution is 5.69. The molecule has 1 saturated carbocycles. The zero-order valence-corrected chi connectivity index (χ0v) is 15.9. The topological polar surface area (TPSA) is 114 Å². The number of aliphatic hydroxyl groups excluding tert-OH is 1. The minimum Gasteiger partial charge on any atom is -0.432 e. The number of nitrogens with one attached hydrogen (secondary N) is 2. The molecule has 0 saturated heterocycles. The monoisotopic (exact) mass is 382 g/mol. The van der Waals surface area contributed by atoms with Crippen molar-refractivity contribution < 1.29 is 9.52 Å². The second kappa shape index (κ2) is 8.04. The SMILES string of the molecule is Cc1ccc(-c2cnn(CCCNC3CC3)c2)cc1NC(O)c1coc(N)n1. The first-order valence-corrected chi connectivity index (χ1v) is 9.61. The van der Waals surface area contributed by atoms with Gasteiger partial charge in [0.1, 0.15) is 12.0 Å². The van der Waals surface area contributed by atoms with Gasteiger partial charge in [-0.05, 0) is 49.9 Å². The number of hydrogen-bond acceptors (Lipinski definition) is 7. The fourth-order valence-corrected chi connectivity index (χ4v) is 3.07. The highest BCUT2D eigenvalue weighted by Gasteiger charge is 2.19. The largest absolute Gasteiger partial charge is 0.432 e. The van der Waals surface area contributed by atoms with Crippen molar-refractivity contribution in [3.8, 4) is 11.1 Å². The quantitative estimate of drug-likeness (QED) is 0.332. The zero-order valence-electron chi connectivity index (χ0n) is 15.9. The van der Waals surface area contributed by atoms with Gasteiger partial charge < -0.3 is 25.9 Å². The molecule has 1 aromatic carbocycles. The molecule has 4 rings (SSSR count). The molecule has 28 heavy (non-hydrogen) atoms. The van der Waals surface area contributed by atoms with Crippen molar-refractivity contribution in [2.45, 2.75) is 45.0 Å². The van der Waals surface area contributed by atoms with Crippen molar-refractivity contribution in [2.75, 3.05) is 17.6 Å². The smallest absolute Gasteiger partial charge is 0.292 e. The summed E-state index contributed by atoms with van der Waals surface area (Å²) in [5.41, 5.74) is 9.71. The Hall–Kier alpha value is -2.84. The van der Waals surface area contributed by atoms with Gasteiger partial charge >= 0.3 is 0 Å². The van der Waals surface area contributed by atoms with Crippen LogP contribution in [-0.2, 0) is 6.54 Å². The number of aromatic nitrogens is 3. The van der Waals surface area contributed by atoms with Gasteiger partial charge in [-0.25, -0.2) is 0 Å². The molecule has 1 aliphatic rings. The van der Waals surface area contributed by atoms with Crippen LogP contribution in [0.25, 0.3) is 11.1 Å². The molecule has 1 atom stereocenters. The molecule has 0 aliphatic heterocycles. The molecule has 1 aliphatic carbocycles. The van der Waals surface area contributed by atoms with Crippen LogP contribution in [0.5, 0.6) is 0 Å². The van der Waals surface area contributed by atoms with E-state index in [-0.39, 0.29) is 6.01 Å². The minimum atomic E-state index is -1.00. The van der Waals surface area contributed by atoms with E-state index in [1.165, 1.54) is 19.1 Å². The molecule has 2 heterocycles. The lowest BCUT2D eigenvalue weighted by atomic mass is 10.1.